The first-order valence-electron chi connectivity index (χ1n) is 10.4. The number of rotatable bonds is 8. The second-order valence-electron chi connectivity index (χ2n) is 7.19. The Morgan fingerprint density at radius 1 is 0.931 bits per heavy atom. The SMILES string of the molecule is CCCOc1ccc(/C=C/C(=O)N2CCN(C/C=C/c3ccccc3)CC2)cc1. The highest BCUT2D eigenvalue weighted by Crippen LogP contribution is 2.14. The molecule has 1 fully saturated rings. The number of hydrogen-bond acceptors (Lipinski definition) is 3. The first kappa shape index (κ1) is 20.9. The van der Waals surface area contributed by atoms with Gasteiger partial charge in [-0.1, -0.05) is 61.5 Å². The lowest BCUT2D eigenvalue weighted by atomic mass is 10.2. The van der Waals surface area contributed by atoms with Gasteiger partial charge in [-0.2, -0.15) is 0 Å². The fraction of sp³-hybridized carbons (Fsp3) is 0.320. The summed E-state index contributed by atoms with van der Waals surface area (Å²) in [6.07, 6.45) is 8.89. The Kier molecular flexibility index (Phi) is 8.08. The molecule has 0 atom stereocenters. The van der Waals surface area contributed by atoms with E-state index >= 15 is 0 Å². The molecule has 1 aliphatic rings. The summed E-state index contributed by atoms with van der Waals surface area (Å²) in [6.45, 7) is 7.08. The van der Waals surface area contributed by atoms with Gasteiger partial charge in [-0.3, -0.25) is 9.69 Å². The maximum atomic E-state index is 12.5. The van der Waals surface area contributed by atoms with Gasteiger partial charge >= 0.3 is 0 Å². The average molecular weight is 391 g/mol. The highest BCUT2D eigenvalue weighted by Gasteiger charge is 2.18. The average Bonchev–Trinajstić information content (AvgIpc) is 2.78. The van der Waals surface area contributed by atoms with E-state index in [0.717, 1.165) is 57.1 Å². The standard InChI is InChI=1S/C25H30N2O2/c1-2-21-29-24-13-10-23(11-14-24)12-15-25(28)27-19-17-26(18-20-27)16-6-9-22-7-4-3-5-8-22/h3-15H,2,16-21H2,1H3/b9-6+,15-12+. The van der Waals surface area contributed by atoms with E-state index in [2.05, 4.69) is 36.1 Å². The fourth-order valence-corrected chi connectivity index (χ4v) is 3.22. The van der Waals surface area contributed by atoms with Crippen molar-refractivity contribution >= 4 is 18.1 Å². The summed E-state index contributed by atoms with van der Waals surface area (Å²) in [5, 5.41) is 0. The number of benzene rings is 2. The number of carbonyl (C=O) groups is 1. The van der Waals surface area contributed by atoms with Crippen molar-refractivity contribution < 1.29 is 9.53 Å². The first-order chi connectivity index (χ1) is 14.2. The number of ether oxygens (including phenoxy) is 1. The van der Waals surface area contributed by atoms with Crippen molar-refractivity contribution in [1.29, 1.82) is 0 Å². The molecule has 1 heterocycles. The minimum absolute atomic E-state index is 0.0794. The molecule has 0 radical (unpaired) electrons. The zero-order valence-electron chi connectivity index (χ0n) is 17.2. The number of piperazine rings is 1. The van der Waals surface area contributed by atoms with Gasteiger partial charge in [0.25, 0.3) is 0 Å². The summed E-state index contributed by atoms with van der Waals surface area (Å²) in [5.41, 5.74) is 2.23. The molecular weight excluding hydrogens is 360 g/mol. The molecule has 0 unspecified atom stereocenters. The summed E-state index contributed by atoms with van der Waals surface area (Å²) in [4.78, 5) is 16.8. The molecule has 1 amide bonds. The van der Waals surface area contributed by atoms with Crippen LogP contribution in [0, 0.1) is 0 Å². The van der Waals surface area contributed by atoms with Gasteiger partial charge in [-0.05, 0) is 35.8 Å². The summed E-state index contributed by atoms with van der Waals surface area (Å²) in [7, 11) is 0. The Balaban J connectivity index is 1.41. The molecule has 0 aromatic heterocycles. The Morgan fingerprint density at radius 2 is 1.62 bits per heavy atom. The van der Waals surface area contributed by atoms with E-state index in [-0.39, 0.29) is 5.91 Å². The molecule has 0 spiro atoms. The molecule has 1 saturated heterocycles. The van der Waals surface area contributed by atoms with Gasteiger partial charge in [-0.15, -0.1) is 0 Å². The summed E-state index contributed by atoms with van der Waals surface area (Å²) < 4.78 is 5.59. The van der Waals surface area contributed by atoms with E-state index in [0.29, 0.717) is 0 Å². The topological polar surface area (TPSA) is 32.8 Å². The van der Waals surface area contributed by atoms with Gasteiger partial charge in [0.2, 0.25) is 5.91 Å². The van der Waals surface area contributed by atoms with Crippen LogP contribution in [0.2, 0.25) is 0 Å². The van der Waals surface area contributed by atoms with Crippen molar-refractivity contribution in [2.24, 2.45) is 0 Å². The van der Waals surface area contributed by atoms with Crippen LogP contribution < -0.4 is 4.74 Å². The number of carbonyl (C=O) groups excluding carboxylic acids is 1. The maximum Gasteiger partial charge on any atom is 0.246 e. The first-order valence-corrected chi connectivity index (χ1v) is 10.4. The van der Waals surface area contributed by atoms with Gasteiger partial charge in [0.15, 0.2) is 0 Å². The third-order valence-corrected chi connectivity index (χ3v) is 4.93. The molecule has 2 aromatic rings. The van der Waals surface area contributed by atoms with Crippen molar-refractivity contribution in [3.8, 4) is 5.75 Å². The molecule has 1 aliphatic heterocycles. The zero-order valence-corrected chi connectivity index (χ0v) is 17.2. The van der Waals surface area contributed by atoms with E-state index in [1.807, 2.05) is 53.4 Å². The molecular formula is C25H30N2O2. The van der Waals surface area contributed by atoms with Crippen LogP contribution in [0.1, 0.15) is 24.5 Å². The lowest BCUT2D eigenvalue weighted by molar-refractivity contribution is -0.127. The smallest absolute Gasteiger partial charge is 0.246 e. The van der Waals surface area contributed by atoms with Crippen LogP contribution in [0.4, 0.5) is 0 Å². The molecule has 0 saturated carbocycles. The maximum absolute atomic E-state index is 12.5. The highest BCUT2D eigenvalue weighted by atomic mass is 16.5. The number of hydrogen-bond donors (Lipinski definition) is 0. The zero-order chi connectivity index (χ0) is 20.3. The van der Waals surface area contributed by atoms with Crippen molar-refractivity contribution in [2.75, 3.05) is 39.3 Å². The summed E-state index contributed by atoms with van der Waals surface area (Å²) >= 11 is 0. The Labute approximate surface area is 174 Å². The molecule has 0 bridgehead atoms. The minimum Gasteiger partial charge on any atom is -0.494 e. The van der Waals surface area contributed by atoms with E-state index in [4.69, 9.17) is 4.74 Å². The fourth-order valence-electron chi connectivity index (χ4n) is 3.22. The van der Waals surface area contributed by atoms with Crippen LogP contribution in [0.5, 0.6) is 5.75 Å². The minimum atomic E-state index is 0.0794. The van der Waals surface area contributed by atoms with E-state index in [9.17, 15) is 4.79 Å². The van der Waals surface area contributed by atoms with Crippen LogP contribution in [-0.4, -0.2) is 55.0 Å². The van der Waals surface area contributed by atoms with Gasteiger partial charge < -0.3 is 9.64 Å². The van der Waals surface area contributed by atoms with Gasteiger partial charge in [0, 0.05) is 38.8 Å². The van der Waals surface area contributed by atoms with E-state index in [1.54, 1.807) is 6.08 Å². The van der Waals surface area contributed by atoms with Crippen LogP contribution in [-0.2, 0) is 4.79 Å². The molecule has 152 valence electrons. The van der Waals surface area contributed by atoms with Gasteiger partial charge in [0.1, 0.15) is 5.75 Å². The van der Waals surface area contributed by atoms with Crippen molar-refractivity contribution in [2.45, 2.75) is 13.3 Å². The Morgan fingerprint density at radius 3 is 2.31 bits per heavy atom. The van der Waals surface area contributed by atoms with E-state index < -0.39 is 0 Å². The lowest BCUT2D eigenvalue weighted by Crippen LogP contribution is -2.48. The Hall–Kier alpha value is -2.85. The number of amides is 1. The monoisotopic (exact) mass is 390 g/mol. The molecule has 0 aliphatic carbocycles. The summed E-state index contributed by atoms with van der Waals surface area (Å²) in [6, 6.07) is 18.2. The Bertz CT molecular complexity index is 804. The van der Waals surface area contributed by atoms with Crippen molar-refractivity contribution in [3.63, 3.8) is 0 Å². The highest BCUT2D eigenvalue weighted by molar-refractivity contribution is 5.91. The molecule has 4 heteroatoms. The lowest BCUT2D eigenvalue weighted by Gasteiger charge is -2.33. The largest absolute Gasteiger partial charge is 0.494 e. The van der Waals surface area contributed by atoms with Crippen LogP contribution in [0.25, 0.3) is 12.2 Å². The molecule has 2 aromatic carbocycles. The molecule has 3 rings (SSSR count). The predicted octanol–water partition coefficient (Wildman–Crippen LogP) is 4.35. The van der Waals surface area contributed by atoms with Crippen molar-refractivity contribution in [1.82, 2.24) is 9.80 Å². The molecule has 0 N–H and O–H groups in total. The van der Waals surface area contributed by atoms with Gasteiger partial charge in [-0.25, -0.2) is 0 Å². The summed E-state index contributed by atoms with van der Waals surface area (Å²) in [5.74, 6) is 0.948. The van der Waals surface area contributed by atoms with Crippen LogP contribution in [0.3, 0.4) is 0 Å². The number of nitrogens with zero attached hydrogens (tertiary/aromatic N) is 2. The van der Waals surface area contributed by atoms with Gasteiger partial charge in [0.05, 0.1) is 6.61 Å². The normalized spacial score (nSPS) is 15.3. The van der Waals surface area contributed by atoms with Crippen LogP contribution in [0.15, 0.2) is 66.7 Å². The second-order valence-corrected chi connectivity index (χ2v) is 7.19. The predicted molar refractivity (Wildman–Crippen MR) is 120 cm³/mol. The third kappa shape index (κ3) is 6.91. The molecule has 29 heavy (non-hydrogen) atoms. The van der Waals surface area contributed by atoms with E-state index in [1.165, 1.54) is 5.56 Å². The van der Waals surface area contributed by atoms with Crippen LogP contribution >= 0.6 is 0 Å². The second kappa shape index (κ2) is 11.2. The molecule has 4 nitrogen and oxygen atoms in total. The third-order valence-electron chi connectivity index (χ3n) is 4.93. The van der Waals surface area contributed by atoms with Crippen molar-refractivity contribution in [3.05, 3.63) is 77.9 Å². The quantitative estimate of drug-likeness (QED) is 0.629.